The van der Waals surface area contributed by atoms with Crippen molar-refractivity contribution in [3.05, 3.63) is 52.1 Å². The first-order valence-electron chi connectivity index (χ1n) is 5.84. The Hall–Kier alpha value is -2.31. The summed E-state index contributed by atoms with van der Waals surface area (Å²) in [5.74, 6) is -3.19. The summed E-state index contributed by atoms with van der Waals surface area (Å²) in [7, 11) is 0. The Morgan fingerprint density at radius 1 is 1.50 bits per heavy atom. The molecule has 0 fully saturated rings. The number of nitro groups is 1. The molecule has 0 aliphatic rings. The third kappa shape index (κ3) is 3.17. The van der Waals surface area contributed by atoms with E-state index in [2.05, 4.69) is 6.58 Å². The lowest BCUT2D eigenvalue weighted by Crippen LogP contribution is -2.37. The first-order chi connectivity index (χ1) is 9.29. The lowest BCUT2D eigenvalue weighted by atomic mass is 10.1. The van der Waals surface area contributed by atoms with Crippen molar-refractivity contribution >= 4 is 11.6 Å². The summed E-state index contributed by atoms with van der Waals surface area (Å²) in [4.78, 5) is 23.0. The summed E-state index contributed by atoms with van der Waals surface area (Å²) in [5.41, 5.74) is -1.72. The van der Waals surface area contributed by atoms with Crippen molar-refractivity contribution in [3.63, 3.8) is 0 Å². The monoisotopic (exact) mass is 284 g/mol. The summed E-state index contributed by atoms with van der Waals surface area (Å²) in [6.07, 6.45) is 1.43. The molecule has 0 spiro atoms. The van der Waals surface area contributed by atoms with Crippen LogP contribution in [0.25, 0.3) is 0 Å². The Kier molecular flexibility index (Phi) is 4.90. The van der Waals surface area contributed by atoms with Crippen LogP contribution in [0.15, 0.2) is 24.8 Å². The normalized spacial score (nSPS) is 10.4. The number of amides is 1. The van der Waals surface area contributed by atoms with Crippen molar-refractivity contribution in [1.82, 2.24) is 4.90 Å². The molecule has 1 aromatic rings. The molecular weight excluding hydrogens is 270 g/mol. The molecule has 7 heteroatoms. The van der Waals surface area contributed by atoms with Crippen LogP contribution in [0.3, 0.4) is 0 Å². The van der Waals surface area contributed by atoms with Gasteiger partial charge in [-0.25, -0.2) is 4.39 Å². The fraction of sp³-hybridized carbons (Fsp3) is 0.308. The quantitative estimate of drug-likeness (QED) is 0.474. The number of halogens is 2. The van der Waals surface area contributed by atoms with E-state index in [4.69, 9.17) is 0 Å². The van der Waals surface area contributed by atoms with Gasteiger partial charge in [0.2, 0.25) is 5.82 Å². The zero-order valence-electron chi connectivity index (χ0n) is 11.1. The minimum atomic E-state index is -1.34. The Balaban J connectivity index is 3.34. The molecule has 20 heavy (non-hydrogen) atoms. The van der Waals surface area contributed by atoms with E-state index in [-0.39, 0.29) is 12.6 Å². The average Bonchev–Trinajstić information content (AvgIpc) is 2.36. The molecule has 1 aromatic carbocycles. The van der Waals surface area contributed by atoms with Crippen LogP contribution in [-0.2, 0) is 0 Å². The van der Waals surface area contributed by atoms with Gasteiger partial charge in [0.1, 0.15) is 5.82 Å². The Labute approximate surface area is 114 Å². The highest BCUT2D eigenvalue weighted by atomic mass is 19.1. The highest BCUT2D eigenvalue weighted by molar-refractivity contribution is 5.95. The molecule has 1 amide bonds. The van der Waals surface area contributed by atoms with E-state index in [1.165, 1.54) is 11.0 Å². The van der Waals surface area contributed by atoms with Crippen LogP contribution in [0.5, 0.6) is 0 Å². The standard InChI is InChI=1S/C13H14F2N2O3/c1-4-5-16(8(2)3)13(18)10-6-9(14)7-11(12(10)15)17(19)20/h4,6-8H,1,5H2,2-3H3. The van der Waals surface area contributed by atoms with E-state index in [0.717, 1.165) is 0 Å². The number of rotatable bonds is 5. The summed E-state index contributed by atoms with van der Waals surface area (Å²) >= 11 is 0. The van der Waals surface area contributed by atoms with E-state index in [9.17, 15) is 23.7 Å². The van der Waals surface area contributed by atoms with Crippen molar-refractivity contribution in [2.75, 3.05) is 6.54 Å². The molecule has 0 unspecified atom stereocenters. The van der Waals surface area contributed by atoms with Crippen LogP contribution >= 0.6 is 0 Å². The summed E-state index contributed by atoms with van der Waals surface area (Å²) < 4.78 is 27.3. The average molecular weight is 284 g/mol. The largest absolute Gasteiger partial charge is 0.332 e. The van der Waals surface area contributed by atoms with E-state index in [1.54, 1.807) is 13.8 Å². The van der Waals surface area contributed by atoms with Crippen LogP contribution in [-0.4, -0.2) is 28.3 Å². The molecule has 0 saturated heterocycles. The van der Waals surface area contributed by atoms with E-state index >= 15 is 0 Å². The van der Waals surface area contributed by atoms with E-state index in [1.807, 2.05) is 0 Å². The minimum absolute atomic E-state index is 0.125. The van der Waals surface area contributed by atoms with Crippen LogP contribution in [0.2, 0.25) is 0 Å². The third-order valence-corrected chi connectivity index (χ3v) is 2.66. The maximum Gasteiger partial charge on any atom is 0.308 e. The molecule has 0 N–H and O–H groups in total. The molecule has 0 heterocycles. The summed E-state index contributed by atoms with van der Waals surface area (Å²) in [5, 5.41) is 10.6. The zero-order chi connectivity index (χ0) is 15.4. The van der Waals surface area contributed by atoms with Gasteiger partial charge in [-0.15, -0.1) is 6.58 Å². The summed E-state index contributed by atoms with van der Waals surface area (Å²) in [6, 6.07) is 0.810. The van der Waals surface area contributed by atoms with Crippen molar-refractivity contribution in [2.45, 2.75) is 19.9 Å². The number of nitro benzene ring substituents is 1. The molecule has 5 nitrogen and oxygen atoms in total. The maximum atomic E-state index is 13.9. The molecule has 0 radical (unpaired) electrons. The number of benzene rings is 1. The van der Waals surface area contributed by atoms with Crippen molar-refractivity contribution in [3.8, 4) is 0 Å². The van der Waals surface area contributed by atoms with Gasteiger partial charge in [0, 0.05) is 12.6 Å². The molecule has 1 rings (SSSR count). The van der Waals surface area contributed by atoms with Crippen LogP contribution in [0, 0.1) is 21.7 Å². The highest BCUT2D eigenvalue weighted by Crippen LogP contribution is 2.24. The lowest BCUT2D eigenvalue weighted by molar-refractivity contribution is -0.387. The van der Waals surface area contributed by atoms with Crippen molar-refractivity contribution in [1.29, 1.82) is 0 Å². The maximum absolute atomic E-state index is 13.9. The number of hydrogen-bond acceptors (Lipinski definition) is 3. The smallest absolute Gasteiger partial charge is 0.308 e. The molecule has 0 atom stereocenters. The molecule has 0 bridgehead atoms. The zero-order valence-corrected chi connectivity index (χ0v) is 11.1. The van der Waals surface area contributed by atoms with Gasteiger partial charge < -0.3 is 4.90 Å². The fourth-order valence-electron chi connectivity index (χ4n) is 1.69. The Morgan fingerprint density at radius 2 is 2.10 bits per heavy atom. The number of hydrogen-bond donors (Lipinski definition) is 0. The van der Waals surface area contributed by atoms with Crippen LogP contribution < -0.4 is 0 Å². The third-order valence-electron chi connectivity index (χ3n) is 2.66. The summed E-state index contributed by atoms with van der Waals surface area (Å²) in [6.45, 7) is 6.98. The molecule has 0 saturated carbocycles. The predicted octanol–water partition coefficient (Wildman–Crippen LogP) is 2.91. The second-order valence-electron chi connectivity index (χ2n) is 4.38. The number of nitrogens with zero attached hydrogens (tertiary/aromatic N) is 2. The van der Waals surface area contributed by atoms with Crippen molar-refractivity contribution in [2.24, 2.45) is 0 Å². The second kappa shape index (κ2) is 6.23. The van der Waals surface area contributed by atoms with Gasteiger partial charge >= 0.3 is 5.69 Å². The topological polar surface area (TPSA) is 63.5 Å². The lowest BCUT2D eigenvalue weighted by Gasteiger charge is -2.25. The first kappa shape index (κ1) is 15.7. The van der Waals surface area contributed by atoms with Crippen LogP contribution in [0.4, 0.5) is 14.5 Å². The fourth-order valence-corrected chi connectivity index (χ4v) is 1.69. The molecule has 0 aromatic heterocycles. The molecule has 108 valence electrons. The SMILES string of the molecule is C=CCN(C(=O)c1cc(F)cc([N+](=O)[O-])c1F)C(C)C. The van der Waals surface area contributed by atoms with Gasteiger partial charge in [0.15, 0.2) is 0 Å². The van der Waals surface area contributed by atoms with Gasteiger partial charge in [0.25, 0.3) is 5.91 Å². The van der Waals surface area contributed by atoms with Gasteiger partial charge in [-0.1, -0.05) is 6.08 Å². The molecule has 0 aliphatic carbocycles. The second-order valence-corrected chi connectivity index (χ2v) is 4.38. The Morgan fingerprint density at radius 3 is 2.55 bits per heavy atom. The molecular formula is C13H14F2N2O3. The van der Waals surface area contributed by atoms with Gasteiger partial charge in [-0.05, 0) is 19.9 Å². The Bertz CT molecular complexity index is 559. The van der Waals surface area contributed by atoms with E-state index < -0.39 is 33.7 Å². The highest BCUT2D eigenvalue weighted by Gasteiger charge is 2.27. The van der Waals surface area contributed by atoms with Gasteiger partial charge in [-0.2, -0.15) is 4.39 Å². The molecule has 0 aliphatic heterocycles. The van der Waals surface area contributed by atoms with E-state index in [0.29, 0.717) is 12.1 Å². The number of carbonyl (C=O) groups excluding carboxylic acids is 1. The number of carbonyl (C=O) groups is 1. The van der Waals surface area contributed by atoms with Crippen LogP contribution in [0.1, 0.15) is 24.2 Å². The van der Waals surface area contributed by atoms with Gasteiger partial charge in [0.05, 0.1) is 16.6 Å². The van der Waals surface area contributed by atoms with Crippen molar-refractivity contribution < 1.29 is 18.5 Å². The van der Waals surface area contributed by atoms with Gasteiger partial charge in [-0.3, -0.25) is 14.9 Å². The predicted molar refractivity (Wildman–Crippen MR) is 69.4 cm³/mol. The first-order valence-corrected chi connectivity index (χ1v) is 5.84. The minimum Gasteiger partial charge on any atom is -0.332 e.